The van der Waals surface area contributed by atoms with E-state index in [9.17, 15) is 24.3 Å². The number of fused-ring (bicyclic) bond motifs is 1. The van der Waals surface area contributed by atoms with E-state index in [4.69, 9.17) is 17.2 Å². The van der Waals surface area contributed by atoms with Crippen molar-refractivity contribution in [3.8, 4) is 0 Å². The molecule has 0 aliphatic carbocycles. The molecule has 1 aromatic heterocycles. The van der Waals surface area contributed by atoms with E-state index >= 15 is 0 Å². The molecule has 10 N–H and O–H groups in total. The number of carbonyl (C=O) groups excluding carboxylic acids is 3. The molecule has 2 heterocycles. The van der Waals surface area contributed by atoms with Gasteiger partial charge in [0.05, 0.1) is 6.04 Å². The zero-order chi connectivity index (χ0) is 29.9. The molecule has 224 valence electrons. The molecule has 2 aromatic rings. The van der Waals surface area contributed by atoms with Gasteiger partial charge in [-0.1, -0.05) is 18.2 Å². The predicted octanol–water partition coefficient (Wildman–Crippen LogP) is -0.110. The van der Waals surface area contributed by atoms with Gasteiger partial charge in [-0.25, -0.2) is 4.79 Å². The second kappa shape index (κ2) is 15.3. The van der Waals surface area contributed by atoms with Gasteiger partial charge in [-0.3, -0.25) is 19.4 Å². The minimum absolute atomic E-state index is 0.0860. The van der Waals surface area contributed by atoms with Gasteiger partial charge in [0, 0.05) is 30.2 Å². The molecule has 41 heavy (non-hydrogen) atoms. The number of aliphatic imine (C=N–C) groups is 1. The number of amides is 3. The van der Waals surface area contributed by atoms with Gasteiger partial charge in [0.1, 0.15) is 18.1 Å². The van der Waals surface area contributed by atoms with E-state index in [1.54, 1.807) is 0 Å². The van der Waals surface area contributed by atoms with Crippen LogP contribution in [0.15, 0.2) is 35.5 Å². The fraction of sp³-hybridized carbons (Fsp3) is 0.519. The van der Waals surface area contributed by atoms with Gasteiger partial charge in [-0.15, -0.1) is 0 Å². The maximum atomic E-state index is 13.5. The summed E-state index contributed by atoms with van der Waals surface area (Å²) in [4.78, 5) is 60.1. The SMILES string of the molecule is CSCCC(NC(=O)C(CCCN=C(N)N)NC(=O)C(N)Cc1c[nH]c2ccccc12)C(=O)N1CCCC1C(=O)O. The number of carboxylic acid groups (broad SMARTS) is 1. The molecule has 4 unspecified atom stereocenters. The van der Waals surface area contributed by atoms with Gasteiger partial charge < -0.3 is 42.8 Å². The first-order valence-electron chi connectivity index (χ1n) is 13.6. The lowest BCUT2D eigenvalue weighted by Gasteiger charge is -2.29. The molecule has 0 saturated carbocycles. The molecule has 3 amide bonds. The number of hydrogen-bond acceptors (Lipinski definition) is 7. The maximum absolute atomic E-state index is 13.5. The summed E-state index contributed by atoms with van der Waals surface area (Å²) in [7, 11) is 0. The monoisotopic (exact) mass is 588 g/mol. The maximum Gasteiger partial charge on any atom is 0.326 e. The van der Waals surface area contributed by atoms with Crippen molar-refractivity contribution < 1.29 is 24.3 Å². The van der Waals surface area contributed by atoms with Crippen LogP contribution in [0.1, 0.15) is 37.7 Å². The molecule has 0 bridgehead atoms. The van der Waals surface area contributed by atoms with E-state index in [1.807, 2.05) is 36.7 Å². The molecular formula is C27H40N8O5S. The van der Waals surface area contributed by atoms with Crippen LogP contribution in [0.3, 0.4) is 0 Å². The normalized spacial score (nSPS) is 17.0. The average Bonchev–Trinajstić information content (AvgIpc) is 3.60. The highest BCUT2D eigenvalue weighted by Crippen LogP contribution is 2.21. The summed E-state index contributed by atoms with van der Waals surface area (Å²) in [6.45, 7) is 0.551. The second-order valence-corrected chi connectivity index (χ2v) is 11.0. The summed E-state index contributed by atoms with van der Waals surface area (Å²) < 4.78 is 0. The van der Waals surface area contributed by atoms with Gasteiger partial charge in [0.25, 0.3) is 0 Å². The third kappa shape index (κ3) is 8.85. The van der Waals surface area contributed by atoms with Gasteiger partial charge in [0.2, 0.25) is 17.7 Å². The van der Waals surface area contributed by atoms with E-state index in [0.717, 1.165) is 16.5 Å². The second-order valence-electron chi connectivity index (χ2n) is 10.1. The Labute approximate surface area is 243 Å². The topological polar surface area (TPSA) is 222 Å². The van der Waals surface area contributed by atoms with Gasteiger partial charge in [-0.05, 0) is 62.2 Å². The first kappa shape index (κ1) is 31.7. The number of hydrogen-bond donors (Lipinski definition) is 7. The first-order chi connectivity index (χ1) is 19.6. The van der Waals surface area contributed by atoms with Gasteiger partial charge in [0.15, 0.2) is 5.96 Å². The standard InChI is InChI=1S/C27H40N8O5S/c1-41-13-10-21(25(38)35-12-5-9-22(35)26(39)40)34-24(37)20(8-4-11-31-27(29)30)33-23(36)18(28)14-16-15-32-19-7-3-2-6-17(16)19/h2-3,6-7,15,18,20-22,32H,4-5,8-14,28H2,1H3,(H,33,36)(H,34,37)(H,39,40)(H4,29,30,31). The number of thioether (sulfide) groups is 1. The van der Waals surface area contributed by atoms with Crippen molar-refractivity contribution in [2.24, 2.45) is 22.2 Å². The molecule has 1 saturated heterocycles. The van der Waals surface area contributed by atoms with Crippen molar-refractivity contribution in [3.63, 3.8) is 0 Å². The molecule has 14 heteroatoms. The Bertz CT molecular complexity index is 1250. The highest BCUT2D eigenvalue weighted by molar-refractivity contribution is 7.98. The highest BCUT2D eigenvalue weighted by Gasteiger charge is 2.38. The molecule has 1 aliphatic rings. The van der Waals surface area contributed by atoms with Crippen molar-refractivity contribution in [2.45, 2.75) is 62.7 Å². The lowest BCUT2D eigenvalue weighted by atomic mass is 10.0. The number of guanidine groups is 1. The molecule has 0 radical (unpaired) electrons. The number of para-hydroxylation sites is 1. The third-order valence-corrected chi connectivity index (χ3v) is 7.72. The van der Waals surface area contributed by atoms with Crippen LogP contribution in [0, 0.1) is 0 Å². The number of nitrogens with one attached hydrogen (secondary N) is 3. The smallest absolute Gasteiger partial charge is 0.326 e. The van der Waals surface area contributed by atoms with E-state index in [-0.39, 0.29) is 25.3 Å². The van der Waals surface area contributed by atoms with Gasteiger partial charge >= 0.3 is 5.97 Å². The van der Waals surface area contributed by atoms with Crippen LogP contribution in [0.5, 0.6) is 0 Å². The number of aliphatic carboxylic acids is 1. The van der Waals surface area contributed by atoms with Crippen molar-refractivity contribution in [1.29, 1.82) is 0 Å². The summed E-state index contributed by atoms with van der Waals surface area (Å²) in [5.41, 5.74) is 18.9. The molecule has 1 aromatic carbocycles. The molecular weight excluding hydrogens is 548 g/mol. The van der Waals surface area contributed by atoms with Crippen molar-refractivity contribution in [1.82, 2.24) is 20.5 Å². The summed E-state index contributed by atoms with van der Waals surface area (Å²) in [6, 6.07) is 3.87. The van der Waals surface area contributed by atoms with Crippen molar-refractivity contribution in [3.05, 3.63) is 36.0 Å². The number of nitrogens with two attached hydrogens (primary N) is 3. The largest absolute Gasteiger partial charge is 0.480 e. The zero-order valence-corrected chi connectivity index (χ0v) is 24.0. The Morgan fingerprint density at radius 3 is 2.59 bits per heavy atom. The van der Waals surface area contributed by atoms with Crippen LogP contribution >= 0.6 is 11.8 Å². The molecule has 4 atom stereocenters. The number of nitrogens with zero attached hydrogens (tertiary/aromatic N) is 2. The summed E-state index contributed by atoms with van der Waals surface area (Å²) in [5.74, 6) is -2.11. The van der Waals surface area contributed by atoms with Crippen LogP contribution in [0.25, 0.3) is 10.9 Å². The summed E-state index contributed by atoms with van der Waals surface area (Å²) >= 11 is 1.50. The lowest BCUT2D eigenvalue weighted by Crippen LogP contribution is -2.57. The van der Waals surface area contributed by atoms with E-state index in [2.05, 4.69) is 20.6 Å². The van der Waals surface area contributed by atoms with Crippen molar-refractivity contribution >= 4 is 52.3 Å². The number of aromatic amines is 1. The Morgan fingerprint density at radius 1 is 1.15 bits per heavy atom. The highest BCUT2D eigenvalue weighted by atomic mass is 32.2. The molecule has 1 aliphatic heterocycles. The Balaban J connectivity index is 1.72. The quantitative estimate of drug-likeness (QED) is 0.0836. The number of rotatable bonds is 15. The average molecular weight is 589 g/mol. The number of H-pyrrole nitrogens is 1. The molecule has 13 nitrogen and oxygen atoms in total. The molecule has 0 spiro atoms. The predicted molar refractivity (Wildman–Crippen MR) is 159 cm³/mol. The first-order valence-corrected chi connectivity index (χ1v) is 15.0. The fourth-order valence-electron chi connectivity index (χ4n) is 4.93. The molecule has 1 fully saturated rings. The van der Waals surface area contributed by atoms with Crippen molar-refractivity contribution in [2.75, 3.05) is 25.1 Å². The number of carbonyl (C=O) groups is 4. The number of benzene rings is 1. The Hall–Kier alpha value is -3.78. The fourth-order valence-corrected chi connectivity index (χ4v) is 5.41. The van der Waals surface area contributed by atoms with Crippen LogP contribution in [0.2, 0.25) is 0 Å². The molecule has 3 rings (SSSR count). The minimum atomic E-state index is -1.07. The van der Waals surface area contributed by atoms with Crippen LogP contribution in [-0.4, -0.2) is 93.9 Å². The lowest BCUT2D eigenvalue weighted by molar-refractivity contribution is -0.149. The Morgan fingerprint density at radius 2 is 1.88 bits per heavy atom. The summed E-state index contributed by atoms with van der Waals surface area (Å²) in [5, 5.41) is 16.0. The van der Waals surface area contributed by atoms with Crippen LogP contribution in [0.4, 0.5) is 0 Å². The minimum Gasteiger partial charge on any atom is -0.480 e. The number of carboxylic acids is 1. The third-order valence-electron chi connectivity index (χ3n) is 7.08. The zero-order valence-electron chi connectivity index (χ0n) is 23.2. The number of aromatic nitrogens is 1. The summed E-state index contributed by atoms with van der Waals surface area (Å²) in [6.07, 6.45) is 5.75. The van der Waals surface area contributed by atoms with E-state index in [0.29, 0.717) is 38.0 Å². The Kier molecular flexibility index (Phi) is 11.8. The van der Waals surface area contributed by atoms with Gasteiger partial charge in [-0.2, -0.15) is 11.8 Å². The van der Waals surface area contributed by atoms with Crippen LogP contribution in [-0.2, 0) is 25.6 Å². The van der Waals surface area contributed by atoms with E-state index in [1.165, 1.54) is 16.7 Å². The van der Waals surface area contributed by atoms with Crippen LogP contribution < -0.4 is 27.8 Å². The van der Waals surface area contributed by atoms with E-state index < -0.39 is 47.9 Å². The number of likely N-dealkylation sites (tertiary alicyclic amines) is 1.